The van der Waals surface area contributed by atoms with E-state index in [-0.39, 0.29) is 10.9 Å². The third kappa shape index (κ3) is 8.07. The molecule has 1 aromatic carbocycles. The molecule has 0 amide bonds. The maximum absolute atomic E-state index is 13.5. The molecular formula is C23H26F3N3O4S. The highest BCUT2D eigenvalue weighted by atomic mass is 32.2. The Morgan fingerprint density at radius 2 is 1.85 bits per heavy atom. The van der Waals surface area contributed by atoms with E-state index in [2.05, 4.69) is 9.97 Å². The molecule has 34 heavy (non-hydrogen) atoms. The summed E-state index contributed by atoms with van der Waals surface area (Å²) in [5.74, 6) is 1.53. The van der Waals surface area contributed by atoms with Crippen LogP contribution in [0.4, 0.5) is 13.2 Å². The number of methoxy groups -OCH3 is 3. The van der Waals surface area contributed by atoms with Crippen molar-refractivity contribution in [2.75, 3.05) is 40.7 Å². The number of carbonyl (C=O) groups excluding carboxylic acids is 1. The van der Waals surface area contributed by atoms with Crippen molar-refractivity contribution in [3.8, 4) is 11.5 Å². The first-order chi connectivity index (χ1) is 16.2. The minimum Gasteiger partial charge on any atom is -0.493 e. The summed E-state index contributed by atoms with van der Waals surface area (Å²) in [4.78, 5) is 20.6. The molecule has 0 bridgehead atoms. The lowest BCUT2D eigenvalue weighted by Crippen LogP contribution is -2.13. The van der Waals surface area contributed by atoms with Gasteiger partial charge in [-0.2, -0.15) is 13.2 Å². The molecule has 0 saturated heterocycles. The lowest BCUT2D eigenvalue weighted by Gasteiger charge is -2.18. The van der Waals surface area contributed by atoms with Gasteiger partial charge in [0.25, 0.3) is 0 Å². The fourth-order valence-electron chi connectivity index (χ4n) is 2.89. The number of aldehydes is 1. The number of nitrogens with zero attached hydrogens (tertiary/aromatic N) is 3. The second-order valence-corrected chi connectivity index (χ2v) is 8.01. The quantitative estimate of drug-likeness (QED) is 0.106. The molecule has 1 heterocycles. The molecule has 0 N–H and O–H groups in total. The number of thioether (sulfide) groups is 1. The molecule has 184 valence electrons. The van der Waals surface area contributed by atoms with Crippen molar-refractivity contribution in [1.29, 1.82) is 0 Å². The number of rotatable bonds is 12. The lowest BCUT2D eigenvalue weighted by molar-refractivity contribution is -0.141. The molecule has 0 fully saturated rings. The van der Waals surface area contributed by atoms with Crippen LogP contribution in [0, 0.1) is 0 Å². The predicted molar refractivity (Wildman–Crippen MR) is 124 cm³/mol. The number of carbonyl (C=O) groups is 1. The first-order valence-corrected chi connectivity index (χ1v) is 11.0. The van der Waals surface area contributed by atoms with Crippen molar-refractivity contribution in [2.24, 2.45) is 0 Å². The molecule has 7 nitrogen and oxygen atoms in total. The van der Waals surface area contributed by atoms with Gasteiger partial charge in [0.05, 0.1) is 26.5 Å². The third-order valence-corrected chi connectivity index (χ3v) is 5.22. The van der Waals surface area contributed by atoms with E-state index in [1.165, 1.54) is 33.5 Å². The van der Waals surface area contributed by atoms with Gasteiger partial charge in [-0.25, -0.2) is 9.97 Å². The van der Waals surface area contributed by atoms with E-state index in [1.807, 2.05) is 6.07 Å². The summed E-state index contributed by atoms with van der Waals surface area (Å²) in [6, 6.07) is 6.29. The zero-order valence-corrected chi connectivity index (χ0v) is 20.1. The van der Waals surface area contributed by atoms with E-state index in [0.29, 0.717) is 42.3 Å². The molecule has 0 atom stereocenters. The minimum atomic E-state index is -4.65. The highest BCUT2D eigenvalue weighted by Gasteiger charge is 2.34. The highest BCUT2D eigenvalue weighted by molar-refractivity contribution is 7.99. The number of benzene rings is 1. The topological polar surface area (TPSA) is 73.8 Å². The minimum absolute atomic E-state index is 0.0326. The number of aromatic nitrogens is 2. The fraction of sp³-hybridized carbons (Fsp3) is 0.348. The molecule has 2 rings (SSSR count). The van der Waals surface area contributed by atoms with Crippen LogP contribution in [-0.4, -0.2) is 61.9 Å². The van der Waals surface area contributed by atoms with Crippen molar-refractivity contribution in [2.45, 2.75) is 17.9 Å². The summed E-state index contributed by atoms with van der Waals surface area (Å²) < 4.78 is 56.0. The van der Waals surface area contributed by atoms with Gasteiger partial charge >= 0.3 is 6.18 Å². The molecule has 0 radical (unpaired) electrons. The van der Waals surface area contributed by atoms with Crippen LogP contribution in [0.3, 0.4) is 0 Å². The number of alkyl halides is 3. The van der Waals surface area contributed by atoms with E-state index < -0.39 is 11.9 Å². The molecule has 0 unspecified atom stereocenters. The van der Waals surface area contributed by atoms with Gasteiger partial charge in [-0.1, -0.05) is 17.8 Å². The standard InChI is InChI=1S/C23H26F3N3O4S/c1-29(14-16-7-8-19(32-3)20(12-16)33-4)15-17(6-5-9-30)18-13-21(23(24,25)26)28-22(27-18)34-11-10-31-2/h5-9,12-13,15H,10-11,14H2,1-4H3/b6-5-,17-15+. The molecule has 2 aromatic rings. The summed E-state index contributed by atoms with van der Waals surface area (Å²) in [6.45, 7) is 0.743. The monoisotopic (exact) mass is 497 g/mol. The van der Waals surface area contributed by atoms with Gasteiger partial charge in [0.1, 0.15) is 12.0 Å². The van der Waals surface area contributed by atoms with E-state index in [1.54, 1.807) is 30.3 Å². The average molecular weight is 498 g/mol. The number of halogens is 3. The summed E-state index contributed by atoms with van der Waals surface area (Å²) >= 11 is 1.05. The Hall–Kier alpha value is -3.05. The van der Waals surface area contributed by atoms with Crippen molar-refractivity contribution < 1.29 is 32.2 Å². The molecule has 0 aliphatic rings. The van der Waals surface area contributed by atoms with E-state index in [4.69, 9.17) is 14.2 Å². The van der Waals surface area contributed by atoms with E-state index >= 15 is 0 Å². The number of allylic oxidation sites excluding steroid dienone is 3. The van der Waals surface area contributed by atoms with Gasteiger partial charge < -0.3 is 19.1 Å². The zero-order valence-electron chi connectivity index (χ0n) is 19.3. The summed E-state index contributed by atoms with van der Waals surface area (Å²) in [6.07, 6.45) is 0.109. The Morgan fingerprint density at radius 1 is 1.12 bits per heavy atom. The first-order valence-electron chi connectivity index (χ1n) is 10.0. The second kappa shape index (κ2) is 13.0. The number of hydrogen-bond acceptors (Lipinski definition) is 8. The van der Waals surface area contributed by atoms with Crippen LogP contribution < -0.4 is 9.47 Å². The first kappa shape index (κ1) is 27.2. The molecular weight excluding hydrogens is 471 g/mol. The Balaban J connectivity index is 2.42. The predicted octanol–water partition coefficient (Wildman–Crippen LogP) is 4.48. The largest absolute Gasteiger partial charge is 0.493 e. The van der Waals surface area contributed by atoms with Gasteiger partial charge in [-0.3, -0.25) is 4.79 Å². The van der Waals surface area contributed by atoms with Crippen molar-refractivity contribution in [3.05, 3.63) is 59.6 Å². The molecule has 0 saturated carbocycles. The SMILES string of the molecule is COCCSc1nc(C(/C=C\C=O)=C/N(C)Cc2ccc(OC)c(OC)c2)cc(C(F)(F)F)n1. The molecule has 11 heteroatoms. The Bertz CT molecular complexity index is 1030. The van der Waals surface area contributed by atoms with Crippen LogP contribution in [0.1, 0.15) is 17.0 Å². The average Bonchev–Trinajstić information content (AvgIpc) is 2.81. The summed E-state index contributed by atoms with van der Waals surface area (Å²) in [5, 5.41) is -0.0326. The van der Waals surface area contributed by atoms with Crippen LogP contribution in [0.25, 0.3) is 5.57 Å². The van der Waals surface area contributed by atoms with Crippen molar-refractivity contribution >= 4 is 23.6 Å². The van der Waals surface area contributed by atoms with Gasteiger partial charge in [-0.05, 0) is 35.9 Å². The van der Waals surface area contributed by atoms with Crippen molar-refractivity contribution in [1.82, 2.24) is 14.9 Å². The second-order valence-electron chi connectivity index (χ2n) is 6.94. The smallest absolute Gasteiger partial charge is 0.433 e. The van der Waals surface area contributed by atoms with Gasteiger partial charge in [0.2, 0.25) is 0 Å². The van der Waals surface area contributed by atoms with Crippen LogP contribution in [0.2, 0.25) is 0 Å². The van der Waals surface area contributed by atoms with E-state index in [9.17, 15) is 18.0 Å². The third-order valence-electron chi connectivity index (χ3n) is 4.40. The van der Waals surface area contributed by atoms with Gasteiger partial charge in [0.15, 0.2) is 16.7 Å². The number of ether oxygens (including phenoxy) is 3. The Labute approximate surface area is 200 Å². The van der Waals surface area contributed by atoms with Crippen LogP contribution in [-0.2, 0) is 22.3 Å². The summed E-state index contributed by atoms with van der Waals surface area (Å²) in [7, 11) is 6.32. The van der Waals surface area contributed by atoms with Crippen LogP contribution in [0.5, 0.6) is 11.5 Å². The highest BCUT2D eigenvalue weighted by Crippen LogP contribution is 2.32. The lowest BCUT2D eigenvalue weighted by atomic mass is 10.1. The Morgan fingerprint density at radius 3 is 2.47 bits per heavy atom. The van der Waals surface area contributed by atoms with Gasteiger partial charge in [-0.15, -0.1) is 0 Å². The van der Waals surface area contributed by atoms with Crippen LogP contribution in [0.15, 0.2) is 47.8 Å². The van der Waals surface area contributed by atoms with Crippen molar-refractivity contribution in [3.63, 3.8) is 0 Å². The molecule has 0 spiro atoms. The molecule has 0 aliphatic heterocycles. The molecule has 0 aliphatic carbocycles. The van der Waals surface area contributed by atoms with E-state index in [0.717, 1.165) is 23.4 Å². The Kier molecular flexibility index (Phi) is 10.4. The number of hydrogen-bond donors (Lipinski definition) is 0. The zero-order chi connectivity index (χ0) is 25.1. The molecule has 1 aromatic heterocycles. The maximum atomic E-state index is 13.5. The van der Waals surface area contributed by atoms with Crippen LogP contribution >= 0.6 is 11.8 Å². The normalized spacial score (nSPS) is 12.1. The van der Waals surface area contributed by atoms with Gasteiger partial charge in [0, 0.05) is 38.2 Å². The fourth-order valence-corrected chi connectivity index (χ4v) is 3.64. The summed E-state index contributed by atoms with van der Waals surface area (Å²) in [5.41, 5.74) is 0.172. The maximum Gasteiger partial charge on any atom is 0.433 e.